The Kier molecular flexibility index (Phi) is 6.67. The third-order valence-corrected chi connectivity index (χ3v) is 4.39. The van der Waals surface area contributed by atoms with Gasteiger partial charge in [-0.1, -0.05) is 6.08 Å². The highest BCUT2D eigenvalue weighted by Gasteiger charge is 2.20. The lowest BCUT2D eigenvalue weighted by molar-refractivity contribution is -0.130. The molecule has 120 valence electrons. The quantitative estimate of drug-likeness (QED) is 0.752. The number of allylic oxidation sites excluding steroid dienone is 2. The zero-order valence-corrected chi connectivity index (χ0v) is 13.6. The van der Waals surface area contributed by atoms with E-state index in [2.05, 4.69) is 35.2 Å². The standard InChI is InChI=1S/C16H30N4O/c1-3-20(15-6-4-5-7-15)16(21)14-18(2)12-13-19-10-8-17-9-11-19/h6,17H,3-5,7-14H2,1-2H3. The Hall–Kier alpha value is -0.910. The van der Waals surface area contributed by atoms with Crippen molar-refractivity contribution >= 4 is 5.91 Å². The maximum atomic E-state index is 12.4. The minimum Gasteiger partial charge on any atom is -0.316 e. The number of amides is 1. The van der Waals surface area contributed by atoms with E-state index < -0.39 is 0 Å². The van der Waals surface area contributed by atoms with Gasteiger partial charge in [-0.2, -0.15) is 0 Å². The third kappa shape index (κ3) is 5.09. The molecule has 0 aromatic heterocycles. The zero-order chi connectivity index (χ0) is 15.1. The largest absolute Gasteiger partial charge is 0.316 e. The van der Waals surface area contributed by atoms with Crippen LogP contribution in [0.15, 0.2) is 11.8 Å². The number of carbonyl (C=O) groups excluding carboxylic acids is 1. The van der Waals surface area contributed by atoms with E-state index in [1.165, 1.54) is 12.1 Å². The minimum atomic E-state index is 0.244. The maximum absolute atomic E-state index is 12.4. The lowest BCUT2D eigenvalue weighted by Crippen LogP contribution is -2.47. The normalized spacial score (nSPS) is 19.9. The van der Waals surface area contributed by atoms with E-state index in [1.54, 1.807) is 0 Å². The minimum absolute atomic E-state index is 0.244. The van der Waals surface area contributed by atoms with Crippen molar-refractivity contribution < 1.29 is 4.79 Å². The second kappa shape index (κ2) is 8.51. The number of nitrogens with zero attached hydrogens (tertiary/aromatic N) is 3. The number of likely N-dealkylation sites (N-methyl/N-ethyl adjacent to an activating group) is 2. The maximum Gasteiger partial charge on any atom is 0.240 e. The molecule has 2 rings (SSSR count). The van der Waals surface area contributed by atoms with Gasteiger partial charge in [-0.05, 0) is 33.2 Å². The Labute approximate surface area is 129 Å². The zero-order valence-electron chi connectivity index (χ0n) is 13.6. The van der Waals surface area contributed by atoms with Gasteiger partial charge < -0.3 is 10.2 Å². The van der Waals surface area contributed by atoms with E-state index >= 15 is 0 Å². The van der Waals surface area contributed by atoms with Gasteiger partial charge in [0.2, 0.25) is 5.91 Å². The van der Waals surface area contributed by atoms with Crippen LogP contribution in [0.3, 0.4) is 0 Å². The average Bonchev–Trinajstić information content (AvgIpc) is 3.01. The summed E-state index contributed by atoms with van der Waals surface area (Å²) in [6, 6.07) is 0. The molecule has 0 saturated carbocycles. The molecule has 1 fully saturated rings. The van der Waals surface area contributed by atoms with Gasteiger partial charge in [0, 0.05) is 51.5 Å². The molecule has 2 aliphatic rings. The Balaban J connectivity index is 1.72. The first-order valence-corrected chi connectivity index (χ1v) is 8.31. The fraction of sp³-hybridized carbons (Fsp3) is 0.812. The molecule has 1 N–H and O–H groups in total. The van der Waals surface area contributed by atoms with Crippen LogP contribution in [0.4, 0.5) is 0 Å². The van der Waals surface area contributed by atoms with Crippen LogP contribution < -0.4 is 5.32 Å². The third-order valence-electron chi connectivity index (χ3n) is 4.39. The van der Waals surface area contributed by atoms with Crippen molar-refractivity contribution in [2.75, 3.05) is 59.4 Å². The summed E-state index contributed by atoms with van der Waals surface area (Å²) >= 11 is 0. The molecule has 5 heteroatoms. The Bertz CT molecular complexity index is 363. The van der Waals surface area contributed by atoms with Gasteiger partial charge in [0.05, 0.1) is 6.54 Å². The van der Waals surface area contributed by atoms with Crippen LogP contribution in [0, 0.1) is 0 Å². The smallest absolute Gasteiger partial charge is 0.240 e. The van der Waals surface area contributed by atoms with Crippen LogP contribution >= 0.6 is 0 Å². The van der Waals surface area contributed by atoms with Crippen molar-refractivity contribution in [2.45, 2.75) is 26.2 Å². The number of rotatable bonds is 7. The van der Waals surface area contributed by atoms with Crippen molar-refractivity contribution in [3.63, 3.8) is 0 Å². The fourth-order valence-electron chi connectivity index (χ4n) is 3.08. The second-order valence-electron chi connectivity index (χ2n) is 6.06. The number of carbonyl (C=O) groups is 1. The van der Waals surface area contributed by atoms with Crippen molar-refractivity contribution in [1.82, 2.24) is 20.0 Å². The van der Waals surface area contributed by atoms with Crippen molar-refractivity contribution in [3.05, 3.63) is 11.8 Å². The number of hydrogen-bond acceptors (Lipinski definition) is 4. The SMILES string of the molecule is CCN(C(=O)CN(C)CCN1CCNCC1)C1=CCCC1. The highest BCUT2D eigenvalue weighted by Crippen LogP contribution is 2.21. The number of nitrogens with one attached hydrogen (secondary N) is 1. The predicted molar refractivity (Wildman–Crippen MR) is 86.1 cm³/mol. The van der Waals surface area contributed by atoms with Gasteiger partial charge in [-0.25, -0.2) is 0 Å². The molecular weight excluding hydrogens is 264 g/mol. The average molecular weight is 294 g/mol. The fourth-order valence-corrected chi connectivity index (χ4v) is 3.08. The Morgan fingerprint density at radius 1 is 1.38 bits per heavy atom. The van der Waals surface area contributed by atoms with Crippen LogP contribution in [0.1, 0.15) is 26.2 Å². The van der Waals surface area contributed by atoms with Crippen LogP contribution in [-0.4, -0.2) is 80.0 Å². The van der Waals surface area contributed by atoms with E-state index in [-0.39, 0.29) is 5.91 Å². The molecule has 1 aliphatic carbocycles. The summed E-state index contributed by atoms with van der Waals surface area (Å²) in [5, 5.41) is 3.37. The van der Waals surface area contributed by atoms with Crippen LogP contribution in [0.25, 0.3) is 0 Å². The topological polar surface area (TPSA) is 38.8 Å². The molecule has 0 aromatic carbocycles. The summed E-state index contributed by atoms with van der Waals surface area (Å²) in [4.78, 5) is 19.0. The van der Waals surface area contributed by atoms with E-state index in [4.69, 9.17) is 0 Å². The molecule has 0 unspecified atom stereocenters. The molecular formula is C16H30N4O. The van der Waals surface area contributed by atoms with Crippen molar-refractivity contribution in [2.24, 2.45) is 0 Å². The van der Waals surface area contributed by atoms with Gasteiger partial charge in [0.1, 0.15) is 0 Å². The second-order valence-corrected chi connectivity index (χ2v) is 6.06. The summed E-state index contributed by atoms with van der Waals surface area (Å²) in [7, 11) is 2.05. The molecule has 0 spiro atoms. The first kappa shape index (κ1) is 16.5. The number of hydrogen-bond donors (Lipinski definition) is 1. The summed E-state index contributed by atoms with van der Waals surface area (Å²) < 4.78 is 0. The summed E-state index contributed by atoms with van der Waals surface area (Å²) in [5.74, 6) is 0.244. The van der Waals surface area contributed by atoms with Gasteiger partial charge in [-0.15, -0.1) is 0 Å². The molecule has 0 bridgehead atoms. The molecule has 1 heterocycles. The van der Waals surface area contributed by atoms with E-state index in [9.17, 15) is 4.79 Å². The van der Waals surface area contributed by atoms with Crippen LogP contribution in [-0.2, 0) is 4.79 Å². The van der Waals surface area contributed by atoms with Gasteiger partial charge in [-0.3, -0.25) is 14.6 Å². The molecule has 0 aromatic rings. The highest BCUT2D eigenvalue weighted by atomic mass is 16.2. The molecule has 1 aliphatic heterocycles. The van der Waals surface area contributed by atoms with Gasteiger partial charge >= 0.3 is 0 Å². The number of piperazine rings is 1. The monoisotopic (exact) mass is 294 g/mol. The van der Waals surface area contributed by atoms with Gasteiger partial charge in [0.25, 0.3) is 0 Å². The van der Waals surface area contributed by atoms with Crippen LogP contribution in [0.5, 0.6) is 0 Å². The van der Waals surface area contributed by atoms with E-state index in [0.717, 1.165) is 58.7 Å². The summed E-state index contributed by atoms with van der Waals surface area (Å²) in [5.41, 5.74) is 1.23. The lowest BCUT2D eigenvalue weighted by atomic mass is 10.3. The summed E-state index contributed by atoms with van der Waals surface area (Å²) in [6.45, 7) is 9.81. The highest BCUT2D eigenvalue weighted by molar-refractivity contribution is 5.80. The lowest BCUT2D eigenvalue weighted by Gasteiger charge is -2.30. The Morgan fingerprint density at radius 2 is 2.14 bits per heavy atom. The first-order valence-electron chi connectivity index (χ1n) is 8.31. The molecule has 1 saturated heterocycles. The molecule has 0 radical (unpaired) electrons. The van der Waals surface area contributed by atoms with Crippen molar-refractivity contribution in [3.8, 4) is 0 Å². The molecule has 5 nitrogen and oxygen atoms in total. The van der Waals surface area contributed by atoms with Crippen molar-refractivity contribution in [1.29, 1.82) is 0 Å². The molecule has 0 atom stereocenters. The Morgan fingerprint density at radius 3 is 2.76 bits per heavy atom. The van der Waals surface area contributed by atoms with Gasteiger partial charge in [0.15, 0.2) is 0 Å². The van der Waals surface area contributed by atoms with Crippen LogP contribution in [0.2, 0.25) is 0 Å². The van der Waals surface area contributed by atoms with E-state index in [1.807, 2.05) is 4.90 Å². The molecule has 1 amide bonds. The first-order chi connectivity index (χ1) is 10.2. The summed E-state index contributed by atoms with van der Waals surface area (Å²) in [6.07, 6.45) is 5.60. The predicted octanol–water partition coefficient (Wildman–Crippen LogP) is 0.740. The van der Waals surface area contributed by atoms with E-state index in [0.29, 0.717) is 6.54 Å². The molecule has 21 heavy (non-hydrogen) atoms.